The first-order chi connectivity index (χ1) is 10.1. The maximum atomic E-state index is 10.9. The quantitative estimate of drug-likeness (QED) is 0.826. The van der Waals surface area contributed by atoms with Crippen molar-refractivity contribution in [1.29, 1.82) is 0 Å². The van der Waals surface area contributed by atoms with Crippen molar-refractivity contribution in [3.8, 4) is 17.2 Å². The number of hydrogen-bond acceptors (Lipinski definition) is 4. The van der Waals surface area contributed by atoms with Crippen LogP contribution < -0.4 is 15.2 Å². The Labute approximate surface area is 122 Å². The molecule has 0 aliphatic carbocycles. The van der Waals surface area contributed by atoms with Gasteiger partial charge in [0.2, 0.25) is 5.91 Å². The van der Waals surface area contributed by atoms with Crippen LogP contribution in [0.3, 0.4) is 0 Å². The van der Waals surface area contributed by atoms with Crippen LogP contribution in [0.1, 0.15) is 15.9 Å². The fourth-order valence-electron chi connectivity index (χ4n) is 1.85. The van der Waals surface area contributed by atoms with Crippen LogP contribution >= 0.6 is 0 Å². The molecule has 5 nitrogen and oxygen atoms in total. The number of amides is 1. The third kappa shape index (κ3) is 3.82. The molecule has 0 unspecified atom stereocenters. The van der Waals surface area contributed by atoms with Crippen LogP contribution in [0.5, 0.6) is 17.2 Å². The highest BCUT2D eigenvalue weighted by molar-refractivity contribution is 5.77. The van der Waals surface area contributed by atoms with Crippen LogP contribution in [0, 0.1) is 0 Å². The number of aldehydes is 1. The molecule has 0 heterocycles. The van der Waals surface area contributed by atoms with Gasteiger partial charge in [0, 0.05) is 5.56 Å². The third-order valence-electron chi connectivity index (χ3n) is 2.85. The van der Waals surface area contributed by atoms with Gasteiger partial charge in [-0.05, 0) is 42.0 Å². The van der Waals surface area contributed by atoms with Gasteiger partial charge in [-0.2, -0.15) is 0 Å². The van der Waals surface area contributed by atoms with Crippen molar-refractivity contribution in [1.82, 2.24) is 0 Å². The molecule has 2 N–H and O–H groups in total. The lowest BCUT2D eigenvalue weighted by atomic mass is 10.1. The second kappa shape index (κ2) is 6.56. The summed E-state index contributed by atoms with van der Waals surface area (Å²) in [4.78, 5) is 21.5. The Morgan fingerprint density at radius 2 is 1.86 bits per heavy atom. The molecule has 0 atom stereocenters. The first-order valence-corrected chi connectivity index (χ1v) is 6.30. The number of benzene rings is 2. The van der Waals surface area contributed by atoms with Gasteiger partial charge >= 0.3 is 0 Å². The molecule has 108 valence electrons. The van der Waals surface area contributed by atoms with E-state index in [4.69, 9.17) is 15.2 Å². The predicted molar refractivity (Wildman–Crippen MR) is 77.8 cm³/mol. The van der Waals surface area contributed by atoms with Crippen LogP contribution in [-0.4, -0.2) is 19.3 Å². The van der Waals surface area contributed by atoms with Gasteiger partial charge in [0.1, 0.15) is 12.0 Å². The van der Waals surface area contributed by atoms with E-state index in [1.54, 1.807) is 42.5 Å². The summed E-state index contributed by atoms with van der Waals surface area (Å²) in [6.07, 6.45) is 0.910. The molecule has 21 heavy (non-hydrogen) atoms. The predicted octanol–water partition coefficient (Wildman–Crippen LogP) is 2.33. The highest BCUT2D eigenvalue weighted by Crippen LogP contribution is 2.32. The molecule has 2 rings (SSSR count). The van der Waals surface area contributed by atoms with Crippen molar-refractivity contribution in [2.24, 2.45) is 5.73 Å². The van der Waals surface area contributed by atoms with E-state index < -0.39 is 5.91 Å². The van der Waals surface area contributed by atoms with Crippen molar-refractivity contribution < 1.29 is 19.1 Å². The van der Waals surface area contributed by atoms with E-state index in [0.717, 1.165) is 11.8 Å². The van der Waals surface area contributed by atoms with Gasteiger partial charge in [-0.3, -0.25) is 9.59 Å². The second-order valence-electron chi connectivity index (χ2n) is 4.42. The smallest absolute Gasteiger partial charge is 0.221 e. The van der Waals surface area contributed by atoms with E-state index in [9.17, 15) is 9.59 Å². The van der Waals surface area contributed by atoms with E-state index in [1.165, 1.54) is 7.11 Å². The number of methoxy groups -OCH3 is 1. The van der Waals surface area contributed by atoms with Crippen LogP contribution in [0.2, 0.25) is 0 Å². The summed E-state index contributed by atoms with van der Waals surface area (Å²) in [5, 5.41) is 0. The molecule has 0 radical (unpaired) electrons. The maximum Gasteiger partial charge on any atom is 0.221 e. The van der Waals surface area contributed by atoms with Gasteiger partial charge < -0.3 is 15.2 Å². The molecule has 5 heteroatoms. The van der Waals surface area contributed by atoms with Crippen LogP contribution in [0.25, 0.3) is 0 Å². The van der Waals surface area contributed by atoms with Gasteiger partial charge in [-0.15, -0.1) is 0 Å². The molecule has 2 aromatic carbocycles. The number of primary amides is 1. The molecular formula is C16H15NO4. The minimum atomic E-state index is -0.407. The van der Waals surface area contributed by atoms with Gasteiger partial charge in [0.15, 0.2) is 11.5 Å². The Bertz CT molecular complexity index is 650. The molecule has 0 bridgehead atoms. The SMILES string of the molecule is COc1cc(CC(N)=O)ccc1Oc1ccc(C=O)cc1. The molecular weight excluding hydrogens is 270 g/mol. The van der Waals surface area contributed by atoms with E-state index in [-0.39, 0.29) is 6.42 Å². The first kappa shape index (κ1) is 14.6. The lowest BCUT2D eigenvalue weighted by Gasteiger charge is -2.11. The lowest BCUT2D eigenvalue weighted by Crippen LogP contribution is -2.13. The average molecular weight is 285 g/mol. The van der Waals surface area contributed by atoms with Crippen molar-refractivity contribution in [2.75, 3.05) is 7.11 Å². The zero-order valence-electron chi connectivity index (χ0n) is 11.5. The van der Waals surface area contributed by atoms with Gasteiger partial charge in [0.05, 0.1) is 13.5 Å². The van der Waals surface area contributed by atoms with E-state index >= 15 is 0 Å². The highest BCUT2D eigenvalue weighted by Gasteiger charge is 2.08. The number of carbonyl (C=O) groups is 2. The number of ether oxygens (including phenoxy) is 2. The van der Waals surface area contributed by atoms with Gasteiger partial charge in [0.25, 0.3) is 0 Å². The largest absolute Gasteiger partial charge is 0.493 e. The van der Waals surface area contributed by atoms with Crippen LogP contribution in [0.15, 0.2) is 42.5 Å². The normalized spacial score (nSPS) is 9.95. The number of hydrogen-bond donors (Lipinski definition) is 1. The van der Waals surface area contributed by atoms with E-state index in [0.29, 0.717) is 22.8 Å². The highest BCUT2D eigenvalue weighted by atomic mass is 16.5. The molecule has 0 saturated heterocycles. The average Bonchev–Trinajstić information content (AvgIpc) is 2.49. The summed E-state index contributed by atoms with van der Waals surface area (Å²) in [7, 11) is 1.52. The Morgan fingerprint density at radius 1 is 1.14 bits per heavy atom. The summed E-state index contributed by atoms with van der Waals surface area (Å²) in [5.41, 5.74) is 6.49. The van der Waals surface area contributed by atoms with Crippen LogP contribution in [0.4, 0.5) is 0 Å². The molecule has 0 spiro atoms. The summed E-state index contributed by atoms with van der Waals surface area (Å²) >= 11 is 0. The maximum absolute atomic E-state index is 10.9. The van der Waals surface area contributed by atoms with Crippen molar-refractivity contribution in [3.63, 3.8) is 0 Å². The van der Waals surface area contributed by atoms with Crippen molar-refractivity contribution in [3.05, 3.63) is 53.6 Å². The third-order valence-corrected chi connectivity index (χ3v) is 2.85. The Kier molecular flexibility index (Phi) is 4.56. The molecule has 2 aromatic rings. The topological polar surface area (TPSA) is 78.6 Å². The molecule has 0 saturated carbocycles. The molecule has 1 amide bonds. The fraction of sp³-hybridized carbons (Fsp3) is 0.125. The Balaban J connectivity index is 2.22. The first-order valence-electron chi connectivity index (χ1n) is 6.30. The standard InChI is InChI=1S/C16H15NO4/c1-20-15-8-12(9-16(17)19)4-7-14(15)21-13-5-2-11(10-18)3-6-13/h2-8,10H,9H2,1H3,(H2,17,19). The Hall–Kier alpha value is -2.82. The molecule has 0 aromatic heterocycles. The van der Waals surface area contributed by atoms with Crippen LogP contribution in [-0.2, 0) is 11.2 Å². The Morgan fingerprint density at radius 3 is 2.43 bits per heavy atom. The fourth-order valence-corrected chi connectivity index (χ4v) is 1.85. The summed E-state index contributed by atoms with van der Waals surface area (Å²) in [5.74, 6) is 1.20. The monoisotopic (exact) mass is 285 g/mol. The summed E-state index contributed by atoms with van der Waals surface area (Å²) in [6.45, 7) is 0. The van der Waals surface area contributed by atoms with Gasteiger partial charge in [-0.1, -0.05) is 6.07 Å². The van der Waals surface area contributed by atoms with Crippen molar-refractivity contribution in [2.45, 2.75) is 6.42 Å². The van der Waals surface area contributed by atoms with E-state index in [1.807, 2.05) is 0 Å². The summed E-state index contributed by atoms with van der Waals surface area (Å²) < 4.78 is 11.0. The van der Waals surface area contributed by atoms with Gasteiger partial charge in [-0.25, -0.2) is 0 Å². The number of rotatable bonds is 6. The molecule has 0 aliphatic heterocycles. The minimum Gasteiger partial charge on any atom is -0.493 e. The van der Waals surface area contributed by atoms with Crippen molar-refractivity contribution >= 4 is 12.2 Å². The summed E-state index contributed by atoms with van der Waals surface area (Å²) in [6, 6.07) is 11.9. The second-order valence-corrected chi connectivity index (χ2v) is 4.42. The number of nitrogens with two attached hydrogens (primary N) is 1. The number of carbonyl (C=O) groups excluding carboxylic acids is 2. The minimum absolute atomic E-state index is 0.144. The zero-order valence-corrected chi connectivity index (χ0v) is 11.5. The lowest BCUT2D eigenvalue weighted by molar-refractivity contribution is -0.117. The van der Waals surface area contributed by atoms with E-state index in [2.05, 4.69) is 0 Å². The molecule has 0 fully saturated rings. The molecule has 0 aliphatic rings. The zero-order chi connectivity index (χ0) is 15.2.